The highest BCUT2D eigenvalue weighted by atomic mass is 127. The second-order valence-corrected chi connectivity index (χ2v) is 6.18. The van der Waals surface area contributed by atoms with E-state index in [9.17, 15) is 0 Å². The number of halogens is 1. The molecule has 6 heteroatoms. The molecular formula is C14H25IN4S. The normalized spacial score (nSPS) is 14.8. The van der Waals surface area contributed by atoms with Gasteiger partial charge in [-0.1, -0.05) is 12.8 Å². The molecule has 0 atom stereocenters. The van der Waals surface area contributed by atoms with Crippen molar-refractivity contribution in [3.63, 3.8) is 0 Å². The van der Waals surface area contributed by atoms with E-state index >= 15 is 0 Å². The molecule has 0 unspecified atom stereocenters. The Labute approximate surface area is 142 Å². The molecule has 0 saturated heterocycles. The highest BCUT2D eigenvalue weighted by Gasteiger charge is 2.19. The van der Waals surface area contributed by atoms with E-state index in [1.54, 1.807) is 11.3 Å². The van der Waals surface area contributed by atoms with Crippen LogP contribution in [0.2, 0.25) is 0 Å². The molecule has 2 rings (SSSR count). The van der Waals surface area contributed by atoms with Crippen molar-refractivity contribution in [2.75, 3.05) is 20.1 Å². The summed E-state index contributed by atoms with van der Waals surface area (Å²) in [6.07, 6.45) is 6.45. The van der Waals surface area contributed by atoms with Crippen molar-refractivity contribution in [3.8, 4) is 0 Å². The van der Waals surface area contributed by atoms with Gasteiger partial charge in [-0.15, -0.1) is 35.3 Å². The smallest absolute Gasteiger partial charge is 0.190 e. The lowest BCUT2D eigenvalue weighted by atomic mass is 10.2. The first kappa shape index (κ1) is 17.7. The SMILES string of the molecule is CN=C(NCCCC1CC1)NCCc1csc(C)n1.I. The van der Waals surface area contributed by atoms with E-state index in [1.165, 1.54) is 31.4 Å². The number of aryl methyl sites for hydroxylation is 1. The predicted octanol–water partition coefficient (Wildman–Crippen LogP) is 2.97. The van der Waals surface area contributed by atoms with Gasteiger partial charge in [-0.05, 0) is 25.7 Å². The number of rotatable bonds is 7. The van der Waals surface area contributed by atoms with Crippen LogP contribution in [0.15, 0.2) is 10.4 Å². The van der Waals surface area contributed by atoms with Gasteiger partial charge >= 0.3 is 0 Å². The topological polar surface area (TPSA) is 49.3 Å². The fourth-order valence-electron chi connectivity index (χ4n) is 2.06. The monoisotopic (exact) mass is 408 g/mol. The van der Waals surface area contributed by atoms with Gasteiger partial charge < -0.3 is 10.6 Å². The van der Waals surface area contributed by atoms with Crippen LogP contribution in [-0.2, 0) is 6.42 Å². The summed E-state index contributed by atoms with van der Waals surface area (Å²) in [6.45, 7) is 3.94. The summed E-state index contributed by atoms with van der Waals surface area (Å²) in [5.41, 5.74) is 1.17. The van der Waals surface area contributed by atoms with Crippen molar-refractivity contribution >= 4 is 41.3 Å². The molecule has 0 spiro atoms. The van der Waals surface area contributed by atoms with Crippen LogP contribution in [-0.4, -0.2) is 31.1 Å². The fourth-order valence-corrected chi connectivity index (χ4v) is 2.70. The largest absolute Gasteiger partial charge is 0.356 e. The maximum Gasteiger partial charge on any atom is 0.190 e. The maximum absolute atomic E-state index is 4.45. The zero-order valence-corrected chi connectivity index (χ0v) is 15.5. The Morgan fingerprint density at radius 1 is 1.40 bits per heavy atom. The molecule has 1 heterocycles. The van der Waals surface area contributed by atoms with E-state index in [0.717, 1.165) is 36.4 Å². The number of nitrogens with one attached hydrogen (secondary N) is 2. The van der Waals surface area contributed by atoms with E-state index in [0.29, 0.717) is 0 Å². The number of thiazole rings is 1. The van der Waals surface area contributed by atoms with Gasteiger partial charge in [0.1, 0.15) is 0 Å². The summed E-state index contributed by atoms with van der Waals surface area (Å²) in [5, 5.41) is 9.96. The van der Waals surface area contributed by atoms with Gasteiger partial charge in [0.15, 0.2) is 5.96 Å². The van der Waals surface area contributed by atoms with Crippen LogP contribution in [0.1, 0.15) is 36.4 Å². The minimum absolute atomic E-state index is 0. The van der Waals surface area contributed by atoms with Crippen molar-refractivity contribution in [3.05, 3.63) is 16.1 Å². The molecule has 2 N–H and O–H groups in total. The van der Waals surface area contributed by atoms with E-state index in [-0.39, 0.29) is 24.0 Å². The summed E-state index contributed by atoms with van der Waals surface area (Å²) in [4.78, 5) is 8.69. The molecule has 1 fully saturated rings. The van der Waals surface area contributed by atoms with Crippen LogP contribution >= 0.6 is 35.3 Å². The Hall–Kier alpha value is -0.370. The summed E-state index contributed by atoms with van der Waals surface area (Å²) < 4.78 is 0. The van der Waals surface area contributed by atoms with Crippen LogP contribution in [0, 0.1) is 12.8 Å². The summed E-state index contributed by atoms with van der Waals surface area (Å²) >= 11 is 1.71. The Bertz CT molecular complexity index is 415. The van der Waals surface area contributed by atoms with Gasteiger partial charge in [0.2, 0.25) is 0 Å². The molecule has 1 aliphatic carbocycles. The third-order valence-electron chi connectivity index (χ3n) is 3.34. The maximum atomic E-state index is 4.45. The quantitative estimate of drug-likeness (QED) is 0.316. The second-order valence-electron chi connectivity index (χ2n) is 5.12. The minimum atomic E-state index is 0. The molecule has 1 saturated carbocycles. The standard InChI is InChI=1S/C14H24N4S.HI/c1-11-18-13(10-19-11)7-9-17-14(15-2)16-8-3-4-12-5-6-12;/h10,12H,3-9H2,1-2H3,(H2,15,16,17);1H. The summed E-state index contributed by atoms with van der Waals surface area (Å²) in [5.74, 6) is 1.92. The second kappa shape index (κ2) is 9.55. The Kier molecular flexibility index (Phi) is 8.44. The predicted molar refractivity (Wildman–Crippen MR) is 97.3 cm³/mol. The van der Waals surface area contributed by atoms with E-state index in [2.05, 4.69) is 26.0 Å². The molecule has 0 aromatic carbocycles. The lowest BCUT2D eigenvalue weighted by Gasteiger charge is -2.11. The van der Waals surface area contributed by atoms with E-state index in [1.807, 2.05) is 14.0 Å². The molecule has 0 amide bonds. The number of nitrogens with zero attached hydrogens (tertiary/aromatic N) is 2. The van der Waals surface area contributed by atoms with Crippen LogP contribution in [0.4, 0.5) is 0 Å². The number of hydrogen-bond donors (Lipinski definition) is 2. The van der Waals surface area contributed by atoms with E-state index < -0.39 is 0 Å². The third-order valence-corrected chi connectivity index (χ3v) is 4.16. The molecule has 1 aromatic rings. The van der Waals surface area contributed by atoms with Gasteiger partial charge in [-0.25, -0.2) is 4.98 Å². The van der Waals surface area contributed by atoms with Crippen LogP contribution in [0.3, 0.4) is 0 Å². The Morgan fingerprint density at radius 2 is 2.15 bits per heavy atom. The van der Waals surface area contributed by atoms with Crippen molar-refractivity contribution in [2.45, 2.75) is 39.0 Å². The van der Waals surface area contributed by atoms with Crippen molar-refractivity contribution in [2.24, 2.45) is 10.9 Å². The molecule has 1 aromatic heterocycles. The number of guanidine groups is 1. The van der Waals surface area contributed by atoms with Crippen molar-refractivity contribution < 1.29 is 0 Å². The average molecular weight is 408 g/mol. The first-order valence-electron chi connectivity index (χ1n) is 7.13. The zero-order valence-electron chi connectivity index (χ0n) is 12.3. The van der Waals surface area contributed by atoms with Crippen molar-refractivity contribution in [1.29, 1.82) is 0 Å². The number of hydrogen-bond acceptors (Lipinski definition) is 3. The van der Waals surface area contributed by atoms with E-state index in [4.69, 9.17) is 0 Å². The Morgan fingerprint density at radius 3 is 2.75 bits per heavy atom. The average Bonchev–Trinajstić information content (AvgIpc) is 3.14. The van der Waals surface area contributed by atoms with Crippen LogP contribution in [0.5, 0.6) is 0 Å². The lowest BCUT2D eigenvalue weighted by molar-refractivity contribution is 0.644. The molecule has 0 aliphatic heterocycles. The number of aromatic nitrogens is 1. The summed E-state index contributed by atoms with van der Waals surface area (Å²) in [6, 6.07) is 0. The van der Waals surface area contributed by atoms with Crippen molar-refractivity contribution in [1.82, 2.24) is 15.6 Å². The molecular weight excluding hydrogens is 383 g/mol. The van der Waals surface area contributed by atoms with Gasteiger partial charge in [-0.3, -0.25) is 4.99 Å². The van der Waals surface area contributed by atoms with Gasteiger partial charge in [-0.2, -0.15) is 0 Å². The molecule has 20 heavy (non-hydrogen) atoms. The lowest BCUT2D eigenvalue weighted by Crippen LogP contribution is -2.38. The minimum Gasteiger partial charge on any atom is -0.356 e. The first-order chi connectivity index (χ1) is 9.28. The number of aliphatic imine (C=N–C) groups is 1. The van der Waals surface area contributed by atoms with Crippen LogP contribution < -0.4 is 10.6 Å². The molecule has 0 bridgehead atoms. The molecule has 0 radical (unpaired) electrons. The third kappa shape index (κ3) is 6.88. The van der Waals surface area contributed by atoms with Gasteiger partial charge in [0.25, 0.3) is 0 Å². The van der Waals surface area contributed by atoms with Crippen LogP contribution in [0.25, 0.3) is 0 Å². The fraction of sp³-hybridized carbons (Fsp3) is 0.714. The zero-order chi connectivity index (χ0) is 13.5. The Balaban J connectivity index is 0.00000200. The van der Waals surface area contributed by atoms with Gasteiger partial charge in [0, 0.05) is 31.9 Å². The molecule has 1 aliphatic rings. The first-order valence-corrected chi connectivity index (χ1v) is 8.01. The highest BCUT2D eigenvalue weighted by molar-refractivity contribution is 14.0. The molecule has 114 valence electrons. The molecule has 4 nitrogen and oxygen atoms in total. The summed E-state index contributed by atoms with van der Waals surface area (Å²) in [7, 11) is 1.82. The highest BCUT2D eigenvalue weighted by Crippen LogP contribution is 2.33. The van der Waals surface area contributed by atoms with Gasteiger partial charge in [0.05, 0.1) is 10.7 Å².